The number of rotatable bonds is 7. The number of hydrogen-bond acceptors (Lipinski definition) is 3. The summed E-state index contributed by atoms with van der Waals surface area (Å²) in [6, 6.07) is 4.29. The van der Waals surface area contributed by atoms with Crippen LogP contribution in [0, 0.1) is 0 Å². The van der Waals surface area contributed by atoms with Crippen LogP contribution in [-0.4, -0.2) is 24.2 Å². The molecule has 4 nitrogen and oxygen atoms in total. The van der Waals surface area contributed by atoms with Gasteiger partial charge in [0.2, 0.25) is 0 Å². The van der Waals surface area contributed by atoms with Crippen molar-refractivity contribution in [3.8, 4) is 5.75 Å². The van der Waals surface area contributed by atoms with Crippen LogP contribution in [-0.2, 0) is 11.3 Å². The van der Waals surface area contributed by atoms with Gasteiger partial charge in [-0.25, -0.2) is 0 Å². The van der Waals surface area contributed by atoms with Gasteiger partial charge >= 0.3 is 12.6 Å². The normalized spacial score (nSPS) is 10.7. The second-order valence-electron chi connectivity index (χ2n) is 3.45. The van der Waals surface area contributed by atoms with Gasteiger partial charge in [-0.2, -0.15) is 8.78 Å². The highest BCUT2D eigenvalue weighted by molar-refractivity contribution is 6.30. The van der Waals surface area contributed by atoms with Gasteiger partial charge in [0, 0.05) is 23.7 Å². The zero-order valence-electron chi connectivity index (χ0n) is 9.33. The fourth-order valence-corrected chi connectivity index (χ4v) is 1.51. The highest BCUT2D eigenvalue weighted by Crippen LogP contribution is 2.24. The molecule has 100 valence electrons. The summed E-state index contributed by atoms with van der Waals surface area (Å²) < 4.78 is 28.6. The van der Waals surface area contributed by atoms with Crippen LogP contribution < -0.4 is 10.1 Å². The maximum Gasteiger partial charge on any atom is 0.387 e. The lowest BCUT2D eigenvalue weighted by molar-refractivity contribution is -0.136. The number of carboxylic acid groups (broad SMARTS) is 1. The predicted molar refractivity (Wildman–Crippen MR) is 62.0 cm³/mol. The van der Waals surface area contributed by atoms with E-state index in [2.05, 4.69) is 10.1 Å². The number of carboxylic acids is 1. The first-order chi connectivity index (χ1) is 8.49. The fourth-order valence-electron chi connectivity index (χ4n) is 1.32. The molecule has 0 amide bonds. The summed E-state index contributed by atoms with van der Waals surface area (Å²) in [7, 11) is 0. The number of carbonyl (C=O) groups is 1. The van der Waals surface area contributed by atoms with Gasteiger partial charge in [-0.15, -0.1) is 0 Å². The maximum atomic E-state index is 12.1. The van der Waals surface area contributed by atoms with Crippen molar-refractivity contribution in [3.63, 3.8) is 0 Å². The lowest BCUT2D eigenvalue weighted by Gasteiger charge is -2.11. The lowest BCUT2D eigenvalue weighted by atomic mass is 10.2. The zero-order chi connectivity index (χ0) is 13.5. The fraction of sp³-hybridized carbons (Fsp3) is 0.364. The van der Waals surface area contributed by atoms with Gasteiger partial charge in [0.25, 0.3) is 0 Å². The summed E-state index contributed by atoms with van der Waals surface area (Å²) in [4.78, 5) is 10.3. The second-order valence-corrected chi connectivity index (χ2v) is 3.89. The first kappa shape index (κ1) is 14.7. The minimum atomic E-state index is -2.91. The number of nitrogens with one attached hydrogen (secondary N) is 1. The molecule has 0 aliphatic rings. The SMILES string of the molecule is O=C(O)CCNCc1cc(Cl)ccc1OC(F)F. The Balaban J connectivity index is 2.61. The van der Waals surface area contributed by atoms with E-state index in [0.29, 0.717) is 10.6 Å². The smallest absolute Gasteiger partial charge is 0.387 e. The molecular weight excluding hydrogens is 268 g/mol. The van der Waals surface area contributed by atoms with E-state index >= 15 is 0 Å². The average Bonchev–Trinajstić information content (AvgIpc) is 2.27. The van der Waals surface area contributed by atoms with E-state index in [1.165, 1.54) is 18.2 Å². The highest BCUT2D eigenvalue weighted by atomic mass is 35.5. The van der Waals surface area contributed by atoms with E-state index in [-0.39, 0.29) is 25.3 Å². The summed E-state index contributed by atoms with van der Waals surface area (Å²) in [5, 5.41) is 11.6. The first-order valence-corrected chi connectivity index (χ1v) is 5.52. The van der Waals surface area contributed by atoms with Crippen molar-refractivity contribution < 1.29 is 23.4 Å². The van der Waals surface area contributed by atoms with Gasteiger partial charge in [0.15, 0.2) is 0 Å². The maximum absolute atomic E-state index is 12.1. The number of ether oxygens (including phenoxy) is 1. The molecule has 1 rings (SSSR count). The molecule has 0 aliphatic carbocycles. The molecule has 2 N–H and O–H groups in total. The molecule has 0 saturated heterocycles. The zero-order valence-corrected chi connectivity index (χ0v) is 10.1. The molecule has 0 aliphatic heterocycles. The van der Waals surface area contributed by atoms with Crippen LogP contribution in [0.25, 0.3) is 0 Å². The Morgan fingerprint density at radius 1 is 1.50 bits per heavy atom. The molecule has 0 atom stereocenters. The van der Waals surface area contributed by atoms with E-state index in [4.69, 9.17) is 16.7 Å². The molecule has 0 radical (unpaired) electrons. The minimum Gasteiger partial charge on any atom is -0.481 e. The molecule has 0 heterocycles. The van der Waals surface area contributed by atoms with Gasteiger partial charge < -0.3 is 15.2 Å². The Labute approximate surface area is 108 Å². The molecule has 1 aromatic carbocycles. The summed E-state index contributed by atoms with van der Waals surface area (Å²) in [6.07, 6.45) is -0.0500. The van der Waals surface area contributed by atoms with Crippen LogP contribution in [0.15, 0.2) is 18.2 Å². The minimum absolute atomic E-state index is 0.0252. The molecule has 0 fully saturated rings. The van der Waals surface area contributed by atoms with Crippen LogP contribution in [0.1, 0.15) is 12.0 Å². The summed E-state index contributed by atoms with van der Waals surface area (Å²) in [6.45, 7) is -2.48. The molecule has 7 heteroatoms. The number of alkyl halides is 2. The van der Waals surface area contributed by atoms with E-state index < -0.39 is 12.6 Å². The lowest BCUT2D eigenvalue weighted by Crippen LogP contribution is -2.18. The van der Waals surface area contributed by atoms with Crippen molar-refractivity contribution in [1.82, 2.24) is 5.32 Å². The quantitative estimate of drug-likeness (QED) is 0.753. The van der Waals surface area contributed by atoms with Crippen molar-refractivity contribution in [2.75, 3.05) is 6.54 Å². The second kappa shape index (κ2) is 7.13. The third kappa shape index (κ3) is 5.29. The molecular formula is C11H12ClF2NO3. The van der Waals surface area contributed by atoms with Crippen LogP contribution in [0.2, 0.25) is 5.02 Å². The third-order valence-electron chi connectivity index (χ3n) is 2.07. The van der Waals surface area contributed by atoms with Crippen molar-refractivity contribution in [2.45, 2.75) is 19.6 Å². The highest BCUT2D eigenvalue weighted by Gasteiger charge is 2.10. The Kier molecular flexibility index (Phi) is 5.80. The van der Waals surface area contributed by atoms with Gasteiger partial charge in [0.05, 0.1) is 6.42 Å². The molecule has 0 unspecified atom stereocenters. The topological polar surface area (TPSA) is 58.6 Å². The Morgan fingerprint density at radius 2 is 2.22 bits per heavy atom. The van der Waals surface area contributed by atoms with Crippen molar-refractivity contribution >= 4 is 17.6 Å². The number of aliphatic carboxylic acids is 1. The number of hydrogen-bond donors (Lipinski definition) is 2. The average molecular weight is 280 g/mol. The molecule has 0 bridgehead atoms. The third-order valence-corrected chi connectivity index (χ3v) is 2.30. The van der Waals surface area contributed by atoms with Gasteiger partial charge in [-0.1, -0.05) is 11.6 Å². The van der Waals surface area contributed by atoms with E-state index in [1.54, 1.807) is 0 Å². The molecule has 1 aromatic rings. The van der Waals surface area contributed by atoms with E-state index in [0.717, 1.165) is 0 Å². The van der Waals surface area contributed by atoms with Gasteiger partial charge in [0.1, 0.15) is 5.75 Å². The molecule has 0 saturated carbocycles. The standard InChI is InChI=1S/C11H12ClF2NO3/c12-8-1-2-9(18-11(13)14)7(5-8)6-15-4-3-10(16)17/h1-2,5,11,15H,3-4,6H2,(H,16,17). The molecule has 18 heavy (non-hydrogen) atoms. The summed E-state index contributed by atoms with van der Waals surface area (Å²) in [5.74, 6) is -0.908. The van der Waals surface area contributed by atoms with Crippen LogP contribution in [0.4, 0.5) is 8.78 Å². The van der Waals surface area contributed by atoms with Crippen molar-refractivity contribution in [2.24, 2.45) is 0 Å². The van der Waals surface area contributed by atoms with Crippen molar-refractivity contribution in [3.05, 3.63) is 28.8 Å². The number of benzene rings is 1. The van der Waals surface area contributed by atoms with Gasteiger partial charge in [-0.05, 0) is 18.2 Å². The van der Waals surface area contributed by atoms with Crippen LogP contribution in [0.3, 0.4) is 0 Å². The van der Waals surface area contributed by atoms with E-state index in [9.17, 15) is 13.6 Å². The Morgan fingerprint density at radius 3 is 2.83 bits per heavy atom. The van der Waals surface area contributed by atoms with Gasteiger partial charge in [-0.3, -0.25) is 4.79 Å². The molecule has 0 spiro atoms. The Hall–Kier alpha value is -1.40. The summed E-state index contributed by atoms with van der Waals surface area (Å²) in [5.41, 5.74) is 0.452. The van der Waals surface area contributed by atoms with E-state index in [1.807, 2.05) is 0 Å². The summed E-state index contributed by atoms with van der Waals surface area (Å²) >= 11 is 5.75. The predicted octanol–water partition coefficient (Wildman–Crippen LogP) is 2.51. The molecule has 0 aromatic heterocycles. The van der Waals surface area contributed by atoms with Crippen LogP contribution in [0.5, 0.6) is 5.75 Å². The van der Waals surface area contributed by atoms with Crippen LogP contribution >= 0.6 is 11.6 Å². The number of halogens is 3. The first-order valence-electron chi connectivity index (χ1n) is 5.15. The largest absolute Gasteiger partial charge is 0.481 e. The monoisotopic (exact) mass is 279 g/mol. The Bertz CT molecular complexity index is 415. The van der Waals surface area contributed by atoms with Crippen molar-refractivity contribution in [1.29, 1.82) is 0 Å².